The zero-order chi connectivity index (χ0) is 15.4. The molecule has 0 aromatic heterocycles. The monoisotopic (exact) mass is 287 g/mol. The summed E-state index contributed by atoms with van der Waals surface area (Å²) in [4.78, 5) is 6.98. The van der Waals surface area contributed by atoms with E-state index in [0.717, 1.165) is 31.3 Å². The molecule has 1 unspecified atom stereocenters. The maximum absolute atomic E-state index is 4.48. The zero-order valence-electron chi connectivity index (χ0n) is 13.9. The number of rotatable bonds is 5. The SMILES string of the molecule is C=CN=C(C)C(/C(=C\C)C1CC1)=C(\C)N1CCNC(C)C1. The molecule has 0 aromatic rings. The van der Waals surface area contributed by atoms with Crippen LogP contribution in [0.15, 0.2) is 40.7 Å². The van der Waals surface area contributed by atoms with Crippen LogP contribution < -0.4 is 5.32 Å². The number of hydrogen-bond donors (Lipinski definition) is 1. The van der Waals surface area contributed by atoms with Crippen molar-refractivity contribution in [3.05, 3.63) is 35.7 Å². The van der Waals surface area contributed by atoms with Crippen LogP contribution in [0.1, 0.15) is 40.5 Å². The Kier molecular flexibility index (Phi) is 5.40. The first-order valence-corrected chi connectivity index (χ1v) is 8.10. The van der Waals surface area contributed by atoms with Crippen LogP contribution in [0.5, 0.6) is 0 Å². The highest BCUT2D eigenvalue weighted by atomic mass is 15.2. The Morgan fingerprint density at radius 3 is 2.57 bits per heavy atom. The first-order valence-electron chi connectivity index (χ1n) is 8.10. The normalized spacial score (nSPS) is 25.7. The van der Waals surface area contributed by atoms with E-state index in [4.69, 9.17) is 0 Å². The molecule has 0 radical (unpaired) electrons. The quantitative estimate of drug-likeness (QED) is 0.619. The summed E-state index contributed by atoms with van der Waals surface area (Å²) in [5, 5.41) is 3.51. The summed E-state index contributed by atoms with van der Waals surface area (Å²) in [5.74, 6) is 0.732. The fourth-order valence-corrected chi connectivity index (χ4v) is 3.25. The molecule has 1 heterocycles. The fourth-order valence-electron chi connectivity index (χ4n) is 3.25. The number of piperazine rings is 1. The number of nitrogens with one attached hydrogen (secondary N) is 1. The van der Waals surface area contributed by atoms with Gasteiger partial charge in [0.25, 0.3) is 0 Å². The summed E-state index contributed by atoms with van der Waals surface area (Å²) < 4.78 is 0. The predicted molar refractivity (Wildman–Crippen MR) is 91.5 cm³/mol. The number of allylic oxidation sites excluding steroid dienone is 4. The molecular weight excluding hydrogens is 258 g/mol. The zero-order valence-corrected chi connectivity index (χ0v) is 13.9. The average molecular weight is 287 g/mol. The van der Waals surface area contributed by atoms with Crippen LogP contribution in [0.4, 0.5) is 0 Å². The van der Waals surface area contributed by atoms with Gasteiger partial charge in [-0.15, -0.1) is 0 Å². The summed E-state index contributed by atoms with van der Waals surface area (Å²) in [7, 11) is 0. The highest BCUT2D eigenvalue weighted by Crippen LogP contribution is 2.41. The third kappa shape index (κ3) is 3.85. The molecule has 3 heteroatoms. The summed E-state index contributed by atoms with van der Waals surface area (Å²) in [6.07, 6.45) is 6.57. The van der Waals surface area contributed by atoms with Gasteiger partial charge in [0.2, 0.25) is 0 Å². The van der Waals surface area contributed by atoms with Gasteiger partial charge >= 0.3 is 0 Å². The van der Waals surface area contributed by atoms with E-state index < -0.39 is 0 Å². The molecular formula is C18H29N3. The van der Waals surface area contributed by atoms with E-state index in [1.54, 1.807) is 6.20 Å². The minimum Gasteiger partial charge on any atom is -0.372 e. The molecule has 1 saturated heterocycles. The minimum absolute atomic E-state index is 0.543. The molecule has 2 aliphatic rings. The molecule has 1 saturated carbocycles. The molecule has 1 N–H and O–H groups in total. The average Bonchev–Trinajstić information content (AvgIpc) is 3.28. The van der Waals surface area contributed by atoms with Gasteiger partial charge in [-0.05, 0) is 52.0 Å². The van der Waals surface area contributed by atoms with Crippen LogP contribution in [0.2, 0.25) is 0 Å². The smallest absolute Gasteiger partial charge is 0.0464 e. The molecule has 1 aliphatic carbocycles. The van der Waals surface area contributed by atoms with Gasteiger partial charge in [0, 0.05) is 48.9 Å². The number of aliphatic imine (C=N–C) groups is 1. The lowest BCUT2D eigenvalue weighted by Crippen LogP contribution is -2.48. The van der Waals surface area contributed by atoms with Crippen molar-refractivity contribution in [1.29, 1.82) is 0 Å². The van der Waals surface area contributed by atoms with Gasteiger partial charge < -0.3 is 10.2 Å². The molecule has 116 valence electrons. The number of nitrogens with zero attached hydrogens (tertiary/aromatic N) is 2. The van der Waals surface area contributed by atoms with Crippen LogP contribution in [0.3, 0.4) is 0 Å². The van der Waals surface area contributed by atoms with Gasteiger partial charge in [-0.1, -0.05) is 12.7 Å². The molecule has 1 atom stereocenters. The molecule has 3 nitrogen and oxygen atoms in total. The molecule has 0 bridgehead atoms. The Balaban J connectivity index is 2.38. The van der Waals surface area contributed by atoms with Gasteiger partial charge in [0.1, 0.15) is 0 Å². The van der Waals surface area contributed by atoms with Gasteiger partial charge in [-0.3, -0.25) is 4.99 Å². The van der Waals surface area contributed by atoms with E-state index in [1.165, 1.54) is 29.7 Å². The molecule has 2 fully saturated rings. The standard InChI is InChI=1S/C18H29N3/c1-6-17(16-8-9-16)18(14(4)19-7-2)15(5)21-11-10-20-13(3)12-21/h6-7,13,16,20H,2,8-12H2,1,3-5H3/b17-6-,18-15-,19-14?. The lowest BCUT2D eigenvalue weighted by atomic mass is 9.94. The maximum Gasteiger partial charge on any atom is 0.0464 e. The van der Waals surface area contributed by atoms with Crippen LogP contribution >= 0.6 is 0 Å². The molecule has 1 aliphatic heterocycles. The summed E-state index contributed by atoms with van der Waals surface area (Å²) >= 11 is 0. The van der Waals surface area contributed by atoms with Gasteiger partial charge in [0.05, 0.1) is 0 Å². The van der Waals surface area contributed by atoms with Crippen molar-refractivity contribution in [3.8, 4) is 0 Å². The van der Waals surface area contributed by atoms with Crippen molar-refractivity contribution in [1.82, 2.24) is 10.2 Å². The van der Waals surface area contributed by atoms with E-state index in [2.05, 4.69) is 55.6 Å². The second-order valence-corrected chi connectivity index (χ2v) is 6.18. The van der Waals surface area contributed by atoms with Gasteiger partial charge in [0.15, 0.2) is 0 Å². The third-order valence-electron chi connectivity index (χ3n) is 4.47. The lowest BCUT2D eigenvalue weighted by molar-refractivity contribution is 0.255. The Hall–Kier alpha value is -1.35. The molecule has 2 rings (SSSR count). The first-order chi connectivity index (χ1) is 10.1. The highest BCUT2D eigenvalue weighted by molar-refractivity contribution is 6.03. The summed E-state index contributed by atoms with van der Waals surface area (Å²) in [5.41, 5.74) is 5.27. The van der Waals surface area contributed by atoms with Crippen molar-refractivity contribution in [2.24, 2.45) is 10.9 Å². The molecule has 0 amide bonds. The summed E-state index contributed by atoms with van der Waals surface area (Å²) in [6.45, 7) is 15.7. The lowest BCUT2D eigenvalue weighted by Gasteiger charge is -2.36. The van der Waals surface area contributed by atoms with E-state index in [1.807, 2.05) is 0 Å². The van der Waals surface area contributed by atoms with E-state index in [0.29, 0.717) is 6.04 Å². The van der Waals surface area contributed by atoms with Crippen molar-refractivity contribution in [2.75, 3.05) is 19.6 Å². The van der Waals surface area contributed by atoms with Crippen molar-refractivity contribution < 1.29 is 0 Å². The number of hydrogen-bond acceptors (Lipinski definition) is 3. The molecule has 21 heavy (non-hydrogen) atoms. The minimum atomic E-state index is 0.543. The first kappa shape index (κ1) is 16.0. The van der Waals surface area contributed by atoms with Crippen molar-refractivity contribution in [3.63, 3.8) is 0 Å². The Bertz CT molecular complexity index is 481. The van der Waals surface area contributed by atoms with Crippen LogP contribution in [-0.4, -0.2) is 36.3 Å². The largest absolute Gasteiger partial charge is 0.372 e. The van der Waals surface area contributed by atoms with Crippen LogP contribution in [-0.2, 0) is 0 Å². The van der Waals surface area contributed by atoms with Crippen LogP contribution in [0.25, 0.3) is 0 Å². The van der Waals surface area contributed by atoms with E-state index in [9.17, 15) is 0 Å². The van der Waals surface area contributed by atoms with E-state index >= 15 is 0 Å². The topological polar surface area (TPSA) is 27.6 Å². The fraction of sp³-hybridized carbons (Fsp3) is 0.611. The second kappa shape index (κ2) is 7.08. The molecule has 0 aromatic carbocycles. The van der Waals surface area contributed by atoms with E-state index in [-0.39, 0.29) is 0 Å². The highest BCUT2D eigenvalue weighted by Gasteiger charge is 2.30. The summed E-state index contributed by atoms with van der Waals surface area (Å²) in [6, 6.07) is 0.543. The molecule has 0 spiro atoms. The maximum atomic E-state index is 4.48. The van der Waals surface area contributed by atoms with Gasteiger partial charge in [-0.2, -0.15) is 0 Å². The Morgan fingerprint density at radius 2 is 2.05 bits per heavy atom. The van der Waals surface area contributed by atoms with Crippen LogP contribution in [0, 0.1) is 5.92 Å². The Morgan fingerprint density at radius 1 is 1.33 bits per heavy atom. The second-order valence-electron chi connectivity index (χ2n) is 6.18. The van der Waals surface area contributed by atoms with Crippen molar-refractivity contribution >= 4 is 5.71 Å². The third-order valence-corrected chi connectivity index (χ3v) is 4.47. The van der Waals surface area contributed by atoms with Gasteiger partial charge in [-0.25, -0.2) is 0 Å². The Labute approximate surface area is 129 Å². The van der Waals surface area contributed by atoms with Crippen molar-refractivity contribution in [2.45, 2.75) is 46.6 Å². The predicted octanol–water partition coefficient (Wildman–Crippen LogP) is 3.51.